The molecule has 178 valence electrons. The average molecular weight is 455 g/mol. The molecule has 2 unspecified atom stereocenters. The molecule has 0 amide bonds. The maximum Gasteiger partial charge on any atom is 0.316 e. The lowest BCUT2D eigenvalue weighted by Crippen LogP contribution is -2.30. The number of ketones is 1. The number of allylic oxidation sites excluding steroid dienone is 1. The Labute approximate surface area is 192 Å². The molecule has 31 heavy (non-hydrogen) atoms. The molecule has 4 atom stereocenters. The Morgan fingerprint density at radius 1 is 1.23 bits per heavy atom. The molecule has 3 N–H and O–H groups in total. The minimum absolute atomic E-state index is 0.00378. The fourth-order valence-electron chi connectivity index (χ4n) is 4.91. The molecule has 0 bridgehead atoms. The number of hydrogen-bond acceptors (Lipinski definition) is 5. The van der Waals surface area contributed by atoms with Gasteiger partial charge in [0.2, 0.25) is 0 Å². The van der Waals surface area contributed by atoms with Gasteiger partial charge in [-0.25, -0.2) is 0 Å². The van der Waals surface area contributed by atoms with Gasteiger partial charge in [0.15, 0.2) is 0 Å². The van der Waals surface area contributed by atoms with Crippen LogP contribution in [0.3, 0.4) is 0 Å². The molecule has 0 aliphatic heterocycles. The summed E-state index contributed by atoms with van der Waals surface area (Å²) < 4.78 is 0. The van der Waals surface area contributed by atoms with Crippen molar-refractivity contribution in [2.24, 2.45) is 17.8 Å². The molecule has 2 rings (SSSR count). The Balaban J connectivity index is 1.74. The predicted molar refractivity (Wildman–Crippen MR) is 126 cm³/mol. The van der Waals surface area contributed by atoms with Crippen molar-refractivity contribution in [3.8, 4) is 0 Å². The molecule has 0 spiro atoms. The van der Waals surface area contributed by atoms with Crippen molar-refractivity contribution >= 4 is 23.5 Å². The molecule has 0 aromatic carbocycles. The minimum atomic E-state index is -0.806. The quantitative estimate of drug-likeness (QED) is 0.212. The van der Waals surface area contributed by atoms with Gasteiger partial charge < -0.3 is 15.3 Å². The van der Waals surface area contributed by atoms with Gasteiger partial charge in [0.1, 0.15) is 11.0 Å². The number of aliphatic hydroxyl groups is 2. The third kappa shape index (κ3) is 8.89. The number of unbranched alkanes of at least 4 members (excludes halogenated alkanes) is 3. The molecule has 0 radical (unpaired) electrons. The van der Waals surface area contributed by atoms with Crippen LogP contribution in [0.5, 0.6) is 0 Å². The summed E-state index contributed by atoms with van der Waals surface area (Å²) in [4.78, 5) is 23.7. The highest BCUT2D eigenvalue weighted by molar-refractivity contribution is 8.00. The lowest BCUT2D eigenvalue weighted by Gasteiger charge is -2.27. The summed E-state index contributed by atoms with van der Waals surface area (Å²) in [5.74, 6) is 0.833. The molecule has 0 saturated heterocycles. The molecular weight excluding hydrogens is 412 g/mol. The second-order valence-corrected chi connectivity index (χ2v) is 10.8. The van der Waals surface area contributed by atoms with Crippen LogP contribution in [0.25, 0.3) is 0 Å². The number of hydrogen-bond donors (Lipinski definition) is 3. The number of carboxylic acid groups (broad SMARTS) is 1. The Bertz CT molecular complexity index is 588. The zero-order chi connectivity index (χ0) is 22.7. The van der Waals surface area contributed by atoms with E-state index in [1.807, 2.05) is 0 Å². The maximum atomic E-state index is 12.4. The lowest BCUT2D eigenvalue weighted by molar-refractivity contribution is -0.136. The van der Waals surface area contributed by atoms with Crippen molar-refractivity contribution in [3.63, 3.8) is 0 Å². The highest BCUT2D eigenvalue weighted by Crippen LogP contribution is 2.45. The molecule has 0 aromatic rings. The summed E-state index contributed by atoms with van der Waals surface area (Å²) in [7, 11) is 0. The number of aliphatic hydroxyl groups excluding tert-OH is 1. The molecule has 5 nitrogen and oxygen atoms in total. The van der Waals surface area contributed by atoms with E-state index in [-0.39, 0.29) is 18.4 Å². The van der Waals surface area contributed by atoms with Crippen LogP contribution < -0.4 is 0 Å². The van der Waals surface area contributed by atoms with Gasteiger partial charge in [0, 0.05) is 18.1 Å². The summed E-state index contributed by atoms with van der Waals surface area (Å²) in [6.07, 6.45) is 16.1. The number of rotatable bonds is 17. The first-order valence-corrected chi connectivity index (χ1v) is 13.3. The Hall–Kier alpha value is -0.850. The van der Waals surface area contributed by atoms with Gasteiger partial charge in [-0.15, -0.1) is 11.8 Å². The standard InChI is InChI=1S/C25H42O5S/c1-2-3-15-25(30,20-12-13-20)16-7-8-19-11-14-22(27)21(19)9-5-4-6-10-23(24(28)29)31-18-17-26/h7-8,19-21,23,26,30H,2-6,9-18H2,1H3,(H,28,29)/t19-,21+,23?,25?/m0/s1. The SMILES string of the molecule is CCCCC(O)(CC=C[C@H]1CCC(=O)[C@@H]1CCCCCC(SCCO)C(=O)O)C1CC1. The number of carbonyl (C=O) groups excluding carboxylic acids is 1. The molecule has 0 heterocycles. The van der Waals surface area contributed by atoms with Gasteiger partial charge in [-0.1, -0.05) is 51.2 Å². The van der Waals surface area contributed by atoms with Crippen molar-refractivity contribution in [2.75, 3.05) is 12.4 Å². The van der Waals surface area contributed by atoms with Gasteiger partial charge in [0.25, 0.3) is 0 Å². The van der Waals surface area contributed by atoms with Crippen LogP contribution in [0, 0.1) is 17.8 Å². The number of Topliss-reactive ketones (excluding diaryl/α,β-unsaturated/α-hetero) is 1. The zero-order valence-corrected chi connectivity index (χ0v) is 20.0. The molecule has 6 heteroatoms. The van der Waals surface area contributed by atoms with Crippen LogP contribution in [0.1, 0.15) is 90.4 Å². The van der Waals surface area contributed by atoms with Crippen molar-refractivity contribution in [1.29, 1.82) is 0 Å². The molecule has 2 aliphatic carbocycles. The van der Waals surface area contributed by atoms with Crippen LogP contribution in [0.2, 0.25) is 0 Å². The molecule has 2 aliphatic rings. The van der Waals surface area contributed by atoms with Gasteiger partial charge in [-0.2, -0.15) is 0 Å². The summed E-state index contributed by atoms with van der Waals surface area (Å²) in [5, 5.41) is 28.7. The fourth-order valence-corrected chi connectivity index (χ4v) is 5.77. The van der Waals surface area contributed by atoms with E-state index in [4.69, 9.17) is 5.11 Å². The van der Waals surface area contributed by atoms with E-state index < -0.39 is 16.8 Å². The Kier molecular flexibility index (Phi) is 11.6. The van der Waals surface area contributed by atoms with E-state index >= 15 is 0 Å². The predicted octanol–water partition coefficient (Wildman–Crippen LogP) is 4.99. The summed E-state index contributed by atoms with van der Waals surface area (Å²) in [5.41, 5.74) is -0.556. The number of carbonyl (C=O) groups is 2. The second kappa shape index (κ2) is 13.6. The Morgan fingerprint density at radius 3 is 2.65 bits per heavy atom. The third-order valence-corrected chi connectivity index (χ3v) is 8.23. The van der Waals surface area contributed by atoms with Crippen LogP contribution in [0.15, 0.2) is 12.2 Å². The number of aliphatic carboxylic acids is 1. The van der Waals surface area contributed by atoms with E-state index in [0.29, 0.717) is 36.7 Å². The van der Waals surface area contributed by atoms with Crippen LogP contribution in [-0.2, 0) is 9.59 Å². The van der Waals surface area contributed by atoms with E-state index in [0.717, 1.165) is 64.2 Å². The van der Waals surface area contributed by atoms with Crippen molar-refractivity contribution < 1.29 is 24.9 Å². The number of carboxylic acids is 1. The normalized spacial score (nSPS) is 24.5. The number of thioether (sulfide) groups is 1. The van der Waals surface area contributed by atoms with Gasteiger partial charge >= 0.3 is 5.97 Å². The summed E-state index contributed by atoms with van der Waals surface area (Å²) in [6, 6.07) is 0. The van der Waals surface area contributed by atoms with Crippen molar-refractivity contribution in [2.45, 2.75) is 101 Å². The molecular formula is C25H42O5S. The smallest absolute Gasteiger partial charge is 0.316 e. The van der Waals surface area contributed by atoms with Crippen molar-refractivity contribution in [3.05, 3.63) is 12.2 Å². The summed E-state index contributed by atoms with van der Waals surface area (Å²) >= 11 is 1.30. The second-order valence-electron chi connectivity index (χ2n) is 9.45. The van der Waals surface area contributed by atoms with Gasteiger partial charge in [-0.3, -0.25) is 9.59 Å². The third-order valence-electron chi connectivity index (χ3n) is 6.98. The lowest BCUT2D eigenvalue weighted by atomic mass is 9.86. The fraction of sp³-hybridized carbons (Fsp3) is 0.840. The molecule has 0 aromatic heterocycles. The van der Waals surface area contributed by atoms with Crippen LogP contribution in [-0.4, -0.2) is 50.3 Å². The summed E-state index contributed by atoms with van der Waals surface area (Å²) in [6.45, 7) is 2.16. The first-order chi connectivity index (χ1) is 14.9. The topological polar surface area (TPSA) is 94.8 Å². The van der Waals surface area contributed by atoms with Crippen LogP contribution in [0.4, 0.5) is 0 Å². The van der Waals surface area contributed by atoms with Gasteiger partial charge in [-0.05, 0) is 56.8 Å². The average Bonchev–Trinajstić information content (AvgIpc) is 3.55. The highest BCUT2D eigenvalue weighted by atomic mass is 32.2. The van der Waals surface area contributed by atoms with E-state index in [1.165, 1.54) is 11.8 Å². The Morgan fingerprint density at radius 2 is 2.00 bits per heavy atom. The first kappa shape index (κ1) is 26.4. The van der Waals surface area contributed by atoms with E-state index in [1.54, 1.807) is 0 Å². The minimum Gasteiger partial charge on any atom is -0.480 e. The maximum absolute atomic E-state index is 12.4. The molecule has 2 saturated carbocycles. The van der Waals surface area contributed by atoms with E-state index in [9.17, 15) is 19.8 Å². The van der Waals surface area contributed by atoms with E-state index in [2.05, 4.69) is 19.1 Å². The largest absolute Gasteiger partial charge is 0.480 e. The first-order valence-electron chi connectivity index (χ1n) is 12.3. The van der Waals surface area contributed by atoms with Gasteiger partial charge in [0.05, 0.1) is 12.2 Å². The van der Waals surface area contributed by atoms with Crippen molar-refractivity contribution in [1.82, 2.24) is 0 Å². The monoisotopic (exact) mass is 454 g/mol. The van der Waals surface area contributed by atoms with Crippen LogP contribution >= 0.6 is 11.8 Å². The highest BCUT2D eigenvalue weighted by Gasteiger charge is 2.42. The molecule has 2 fully saturated rings. The zero-order valence-electron chi connectivity index (χ0n) is 19.1.